The number of hydrogen-bond acceptors (Lipinski definition) is 5. The SMILES string of the molecule is CC(C)c1nsc(Nc2cccc(C(=O)O)c2)n1. The molecule has 18 heavy (non-hydrogen) atoms. The summed E-state index contributed by atoms with van der Waals surface area (Å²) in [5, 5.41) is 12.6. The van der Waals surface area contributed by atoms with Crippen LogP contribution in [0.4, 0.5) is 10.8 Å². The Balaban J connectivity index is 2.17. The van der Waals surface area contributed by atoms with Crippen molar-refractivity contribution in [3.8, 4) is 0 Å². The third-order valence-corrected chi connectivity index (χ3v) is 2.96. The van der Waals surface area contributed by atoms with Crippen LogP contribution in [0.1, 0.15) is 35.9 Å². The maximum atomic E-state index is 10.8. The van der Waals surface area contributed by atoms with Crippen LogP contribution in [0.25, 0.3) is 0 Å². The second kappa shape index (κ2) is 5.14. The van der Waals surface area contributed by atoms with Crippen LogP contribution in [0.15, 0.2) is 24.3 Å². The van der Waals surface area contributed by atoms with Crippen LogP contribution in [-0.2, 0) is 0 Å². The van der Waals surface area contributed by atoms with E-state index >= 15 is 0 Å². The third kappa shape index (κ3) is 2.84. The lowest BCUT2D eigenvalue weighted by Crippen LogP contribution is -1.98. The van der Waals surface area contributed by atoms with Crippen molar-refractivity contribution in [3.05, 3.63) is 35.7 Å². The first-order valence-electron chi connectivity index (χ1n) is 5.50. The highest BCUT2D eigenvalue weighted by Crippen LogP contribution is 2.22. The minimum Gasteiger partial charge on any atom is -0.478 e. The lowest BCUT2D eigenvalue weighted by atomic mass is 10.2. The van der Waals surface area contributed by atoms with E-state index in [1.54, 1.807) is 24.3 Å². The maximum absolute atomic E-state index is 10.8. The van der Waals surface area contributed by atoms with Gasteiger partial charge >= 0.3 is 5.97 Å². The number of nitrogens with zero attached hydrogens (tertiary/aromatic N) is 2. The Kier molecular flexibility index (Phi) is 3.57. The van der Waals surface area contributed by atoms with E-state index in [4.69, 9.17) is 5.11 Å². The molecule has 0 amide bonds. The molecule has 0 unspecified atom stereocenters. The summed E-state index contributed by atoms with van der Waals surface area (Å²) in [6.45, 7) is 4.05. The Morgan fingerprint density at radius 3 is 2.83 bits per heavy atom. The fourth-order valence-electron chi connectivity index (χ4n) is 1.37. The van der Waals surface area contributed by atoms with Gasteiger partial charge in [-0.3, -0.25) is 0 Å². The van der Waals surface area contributed by atoms with Crippen LogP contribution in [0, 0.1) is 0 Å². The van der Waals surface area contributed by atoms with Crippen LogP contribution >= 0.6 is 11.5 Å². The fraction of sp³-hybridized carbons (Fsp3) is 0.250. The number of carboxylic acids is 1. The molecule has 6 heteroatoms. The average molecular weight is 263 g/mol. The van der Waals surface area contributed by atoms with Crippen molar-refractivity contribution >= 4 is 28.3 Å². The number of anilines is 2. The van der Waals surface area contributed by atoms with Crippen LogP contribution in [0.2, 0.25) is 0 Å². The Hall–Kier alpha value is -1.95. The number of hydrogen-bond donors (Lipinski definition) is 2. The summed E-state index contributed by atoms with van der Waals surface area (Å²) in [4.78, 5) is 15.2. The van der Waals surface area contributed by atoms with Gasteiger partial charge in [0.1, 0.15) is 5.82 Å². The van der Waals surface area contributed by atoms with Gasteiger partial charge in [0.25, 0.3) is 0 Å². The van der Waals surface area contributed by atoms with Crippen molar-refractivity contribution in [1.29, 1.82) is 0 Å². The van der Waals surface area contributed by atoms with E-state index in [0.717, 1.165) is 5.82 Å². The zero-order chi connectivity index (χ0) is 13.1. The van der Waals surface area contributed by atoms with Gasteiger partial charge in [0.2, 0.25) is 5.13 Å². The van der Waals surface area contributed by atoms with Gasteiger partial charge in [-0.2, -0.15) is 4.37 Å². The van der Waals surface area contributed by atoms with E-state index in [1.807, 2.05) is 13.8 Å². The highest BCUT2D eigenvalue weighted by molar-refractivity contribution is 7.09. The van der Waals surface area contributed by atoms with Gasteiger partial charge < -0.3 is 10.4 Å². The maximum Gasteiger partial charge on any atom is 0.335 e. The molecule has 0 atom stereocenters. The van der Waals surface area contributed by atoms with Gasteiger partial charge in [-0.05, 0) is 18.2 Å². The molecule has 2 aromatic rings. The van der Waals surface area contributed by atoms with Crippen molar-refractivity contribution in [2.75, 3.05) is 5.32 Å². The van der Waals surface area contributed by atoms with Crippen molar-refractivity contribution in [3.63, 3.8) is 0 Å². The Morgan fingerprint density at radius 2 is 2.22 bits per heavy atom. The van der Waals surface area contributed by atoms with E-state index in [-0.39, 0.29) is 11.5 Å². The molecule has 0 saturated carbocycles. The summed E-state index contributed by atoms with van der Waals surface area (Å²) in [7, 11) is 0. The Bertz CT molecular complexity index is 566. The van der Waals surface area contributed by atoms with Gasteiger partial charge in [-0.1, -0.05) is 19.9 Å². The number of aromatic carboxylic acids is 1. The summed E-state index contributed by atoms with van der Waals surface area (Å²) in [6, 6.07) is 6.60. The summed E-state index contributed by atoms with van der Waals surface area (Å²) in [5.74, 6) is 0.123. The molecular weight excluding hydrogens is 250 g/mol. The van der Waals surface area contributed by atoms with Crippen LogP contribution in [0.3, 0.4) is 0 Å². The number of aromatic nitrogens is 2. The molecule has 1 heterocycles. The van der Waals surface area contributed by atoms with E-state index in [1.165, 1.54) is 11.5 Å². The molecule has 2 rings (SSSR count). The van der Waals surface area contributed by atoms with Crippen molar-refractivity contribution in [2.45, 2.75) is 19.8 Å². The molecular formula is C12H13N3O2S. The molecule has 0 bridgehead atoms. The quantitative estimate of drug-likeness (QED) is 0.886. The molecule has 1 aromatic carbocycles. The van der Waals surface area contributed by atoms with Crippen molar-refractivity contribution in [2.24, 2.45) is 0 Å². The van der Waals surface area contributed by atoms with Gasteiger partial charge in [-0.25, -0.2) is 9.78 Å². The van der Waals surface area contributed by atoms with Gasteiger partial charge in [0, 0.05) is 23.1 Å². The van der Waals surface area contributed by atoms with Gasteiger partial charge in [0.05, 0.1) is 5.56 Å². The monoisotopic (exact) mass is 263 g/mol. The zero-order valence-corrected chi connectivity index (χ0v) is 10.9. The summed E-state index contributed by atoms with van der Waals surface area (Å²) in [5.41, 5.74) is 0.940. The first-order valence-corrected chi connectivity index (χ1v) is 6.27. The highest BCUT2D eigenvalue weighted by atomic mass is 32.1. The Labute approximate surface area is 109 Å². The van der Waals surface area contributed by atoms with Gasteiger partial charge in [0.15, 0.2) is 0 Å². The largest absolute Gasteiger partial charge is 0.478 e. The molecule has 5 nitrogen and oxygen atoms in total. The molecule has 0 spiro atoms. The molecule has 2 N–H and O–H groups in total. The molecule has 0 radical (unpaired) electrons. The number of carbonyl (C=O) groups is 1. The van der Waals surface area contributed by atoms with Crippen molar-refractivity contribution in [1.82, 2.24) is 9.36 Å². The lowest BCUT2D eigenvalue weighted by molar-refractivity contribution is 0.0697. The van der Waals surface area contributed by atoms with E-state index in [0.29, 0.717) is 10.8 Å². The summed E-state index contributed by atoms with van der Waals surface area (Å²) < 4.78 is 4.22. The number of carboxylic acid groups (broad SMARTS) is 1. The first-order chi connectivity index (χ1) is 8.56. The van der Waals surface area contributed by atoms with E-state index < -0.39 is 5.97 Å². The second-order valence-corrected chi connectivity index (χ2v) is 4.88. The zero-order valence-electron chi connectivity index (χ0n) is 10.0. The molecule has 0 aliphatic carbocycles. The van der Waals surface area contributed by atoms with Crippen LogP contribution in [-0.4, -0.2) is 20.4 Å². The number of rotatable bonds is 4. The predicted octanol–water partition coefficient (Wildman–Crippen LogP) is 3.10. The summed E-state index contributed by atoms with van der Waals surface area (Å²) in [6.07, 6.45) is 0. The minimum atomic E-state index is -0.946. The normalized spacial score (nSPS) is 10.6. The minimum absolute atomic E-state index is 0.244. The number of nitrogens with one attached hydrogen (secondary N) is 1. The first kappa shape index (κ1) is 12.5. The average Bonchev–Trinajstić information content (AvgIpc) is 2.78. The smallest absolute Gasteiger partial charge is 0.335 e. The van der Waals surface area contributed by atoms with Gasteiger partial charge in [-0.15, -0.1) is 0 Å². The lowest BCUT2D eigenvalue weighted by Gasteiger charge is -2.02. The molecule has 1 aromatic heterocycles. The van der Waals surface area contributed by atoms with E-state index in [9.17, 15) is 4.79 Å². The second-order valence-electron chi connectivity index (χ2n) is 4.12. The third-order valence-electron chi connectivity index (χ3n) is 2.32. The van der Waals surface area contributed by atoms with Crippen molar-refractivity contribution < 1.29 is 9.90 Å². The molecule has 0 fully saturated rings. The molecule has 0 aliphatic heterocycles. The molecule has 0 aliphatic rings. The highest BCUT2D eigenvalue weighted by Gasteiger charge is 2.08. The van der Waals surface area contributed by atoms with Crippen LogP contribution < -0.4 is 5.32 Å². The van der Waals surface area contributed by atoms with E-state index in [2.05, 4.69) is 14.7 Å². The number of benzene rings is 1. The Morgan fingerprint density at radius 1 is 1.44 bits per heavy atom. The van der Waals surface area contributed by atoms with Crippen LogP contribution in [0.5, 0.6) is 0 Å². The summed E-state index contributed by atoms with van der Waals surface area (Å²) >= 11 is 1.27. The topological polar surface area (TPSA) is 75.1 Å². The standard InChI is InChI=1S/C12H13N3O2S/c1-7(2)10-14-12(18-15-10)13-9-5-3-4-8(6-9)11(16)17/h3-7H,1-2H3,(H,16,17)(H,13,14,15). The fourth-order valence-corrected chi connectivity index (χ4v) is 2.10. The predicted molar refractivity (Wildman–Crippen MR) is 70.7 cm³/mol. The molecule has 94 valence electrons. The molecule has 0 saturated heterocycles.